The third-order valence-electron chi connectivity index (χ3n) is 5.88. The fraction of sp³-hybridized carbons (Fsp3) is 0.583. The molecule has 0 spiro atoms. The van der Waals surface area contributed by atoms with Crippen molar-refractivity contribution in [3.05, 3.63) is 46.8 Å². The first kappa shape index (κ1) is 26.4. The van der Waals surface area contributed by atoms with Gasteiger partial charge in [0, 0.05) is 43.3 Å². The number of guanidine groups is 1. The fourth-order valence-electron chi connectivity index (χ4n) is 3.97. The van der Waals surface area contributed by atoms with E-state index < -0.39 is 0 Å². The van der Waals surface area contributed by atoms with Crippen molar-refractivity contribution < 1.29 is 14.0 Å². The summed E-state index contributed by atoms with van der Waals surface area (Å²) in [6.45, 7) is 11.8. The van der Waals surface area contributed by atoms with Crippen molar-refractivity contribution in [2.75, 3.05) is 33.4 Å². The molecule has 1 aromatic carbocycles. The van der Waals surface area contributed by atoms with Gasteiger partial charge in [0.25, 0.3) is 0 Å². The van der Waals surface area contributed by atoms with Crippen molar-refractivity contribution in [2.45, 2.75) is 58.4 Å². The van der Waals surface area contributed by atoms with E-state index in [0.29, 0.717) is 12.5 Å². The minimum atomic E-state index is -0.0805. The maximum Gasteiger partial charge on any atom is 0.191 e. The van der Waals surface area contributed by atoms with Crippen LogP contribution in [-0.2, 0) is 16.7 Å². The number of hydrogen-bond donors (Lipinski definition) is 2. The molecule has 7 nitrogen and oxygen atoms in total. The molecule has 3 rings (SSSR count). The molecule has 0 bridgehead atoms. The van der Waals surface area contributed by atoms with E-state index in [2.05, 4.69) is 61.7 Å². The average Bonchev–Trinajstić information content (AvgIpc) is 3.26. The second-order valence-electron chi connectivity index (χ2n) is 8.52. The Morgan fingerprint density at radius 2 is 1.97 bits per heavy atom. The van der Waals surface area contributed by atoms with Crippen LogP contribution in [0, 0.1) is 6.92 Å². The van der Waals surface area contributed by atoms with Crippen LogP contribution >= 0.6 is 24.0 Å². The standard InChI is InChI=1S/C24H36N4O3.HI/c1-6-25-23(26-15-19-14-21(17(2)3)28-31-19)27-16-24(9-11-30-12-10-24)20-13-18(4)7-8-22(20)29-5;/h7-8,13-14,17H,6,9-12,15-16H2,1-5H3,(H2,25,26,27);1H. The Hall–Kier alpha value is -1.81. The molecule has 32 heavy (non-hydrogen) atoms. The van der Waals surface area contributed by atoms with Gasteiger partial charge in [0.1, 0.15) is 12.3 Å². The van der Waals surface area contributed by atoms with Crippen molar-refractivity contribution in [3.8, 4) is 5.75 Å². The lowest BCUT2D eigenvalue weighted by Crippen LogP contribution is -2.48. The van der Waals surface area contributed by atoms with Gasteiger partial charge in [-0.15, -0.1) is 24.0 Å². The van der Waals surface area contributed by atoms with Gasteiger partial charge in [0.2, 0.25) is 0 Å². The minimum absolute atomic E-state index is 0. The van der Waals surface area contributed by atoms with E-state index in [9.17, 15) is 0 Å². The van der Waals surface area contributed by atoms with Gasteiger partial charge in [-0.3, -0.25) is 0 Å². The van der Waals surface area contributed by atoms with E-state index in [0.717, 1.165) is 62.3 Å². The summed E-state index contributed by atoms with van der Waals surface area (Å²) in [5.74, 6) is 2.80. The molecule has 1 aliphatic rings. The number of rotatable bonds is 8. The van der Waals surface area contributed by atoms with E-state index in [1.807, 2.05) is 6.07 Å². The number of halogens is 1. The van der Waals surface area contributed by atoms with Crippen LogP contribution in [0.4, 0.5) is 0 Å². The number of nitrogens with zero attached hydrogens (tertiary/aromatic N) is 2. The fourth-order valence-corrected chi connectivity index (χ4v) is 3.97. The van der Waals surface area contributed by atoms with Crippen LogP contribution in [0.15, 0.2) is 33.8 Å². The number of nitrogens with one attached hydrogen (secondary N) is 2. The Balaban J connectivity index is 0.00000363. The normalized spacial score (nSPS) is 15.9. The van der Waals surface area contributed by atoms with Crippen LogP contribution in [-0.4, -0.2) is 44.5 Å². The number of benzene rings is 1. The Labute approximate surface area is 208 Å². The highest BCUT2D eigenvalue weighted by Gasteiger charge is 2.37. The molecule has 1 aromatic heterocycles. The Bertz CT molecular complexity index is 876. The van der Waals surface area contributed by atoms with Crippen molar-refractivity contribution in [2.24, 2.45) is 4.99 Å². The largest absolute Gasteiger partial charge is 0.496 e. The molecule has 1 saturated heterocycles. The van der Waals surface area contributed by atoms with Crippen LogP contribution in [0.5, 0.6) is 5.75 Å². The zero-order valence-electron chi connectivity index (χ0n) is 19.9. The molecule has 0 amide bonds. The first-order valence-electron chi connectivity index (χ1n) is 11.2. The molecular weight excluding hydrogens is 519 g/mol. The monoisotopic (exact) mass is 556 g/mol. The van der Waals surface area contributed by atoms with Crippen LogP contribution in [0.2, 0.25) is 0 Å². The lowest BCUT2D eigenvalue weighted by molar-refractivity contribution is 0.0505. The predicted octanol–water partition coefficient (Wildman–Crippen LogP) is 4.54. The van der Waals surface area contributed by atoms with Gasteiger partial charge in [-0.25, -0.2) is 4.99 Å². The van der Waals surface area contributed by atoms with Gasteiger partial charge in [0.15, 0.2) is 11.7 Å². The Morgan fingerprint density at radius 1 is 1.22 bits per heavy atom. The molecular formula is C24H37IN4O3. The van der Waals surface area contributed by atoms with Crippen LogP contribution < -0.4 is 15.4 Å². The summed E-state index contributed by atoms with van der Waals surface area (Å²) in [7, 11) is 1.74. The zero-order chi connectivity index (χ0) is 22.3. The second kappa shape index (κ2) is 12.4. The van der Waals surface area contributed by atoms with E-state index >= 15 is 0 Å². The number of aliphatic imine (C=N–C) groups is 1. The molecule has 8 heteroatoms. The Morgan fingerprint density at radius 3 is 2.59 bits per heavy atom. The molecule has 2 aromatic rings. The van der Waals surface area contributed by atoms with Gasteiger partial charge in [-0.2, -0.15) is 0 Å². The van der Waals surface area contributed by atoms with Crippen LogP contribution in [0.1, 0.15) is 62.1 Å². The van der Waals surface area contributed by atoms with Crippen molar-refractivity contribution in [1.29, 1.82) is 0 Å². The quantitative estimate of drug-likeness (QED) is 0.283. The third kappa shape index (κ3) is 6.60. The average molecular weight is 556 g/mol. The highest BCUT2D eigenvalue weighted by molar-refractivity contribution is 14.0. The van der Waals surface area contributed by atoms with E-state index in [1.54, 1.807) is 7.11 Å². The molecule has 178 valence electrons. The third-order valence-corrected chi connectivity index (χ3v) is 5.88. The highest BCUT2D eigenvalue weighted by atomic mass is 127. The van der Waals surface area contributed by atoms with Crippen LogP contribution in [0.25, 0.3) is 0 Å². The molecule has 0 aliphatic carbocycles. The van der Waals surface area contributed by atoms with Crippen LogP contribution in [0.3, 0.4) is 0 Å². The topological polar surface area (TPSA) is 80.9 Å². The minimum Gasteiger partial charge on any atom is -0.496 e. The summed E-state index contributed by atoms with van der Waals surface area (Å²) in [6.07, 6.45) is 1.86. The molecule has 0 atom stereocenters. The molecule has 0 saturated carbocycles. The molecule has 2 N–H and O–H groups in total. The van der Waals surface area contributed by atoms with E-state index in [4.69, 9.17) is 19.0 Å². The lowest BCUT2D eigenvalue weighted by Gasteiger charge is -2.39. The summed E-state index contributed by atoms with van der Waals surface area (Å²) in [6, 6.07) is 8.39. The smallest absolute Gasteiger partial charge is 0.191 e. The van der Waals surface area contributed by atoms with Gasteiger partial charge >= 0.3 is 0 Å². The van der Waals surface area contributed by atoms with E-state index in [1.165, 1.54) is 11.1 Å². The molecule has 0 radical (unpaired) electrons. The van der Waals surface area contributed by atoms with Gasteiger partial charge in [-0.05, 0) is 38.7 Å². The van der Waals surface area contributed by atoms with Crippen molar-refractivity contribution in [3.63, 3.8) is 0 Å². The van der Waals surface area contributed by atoms with Crippen molar-refractivity contribution >= 4 is 29.9 Å². The number of hydrogen-bond acceptors (Lipinski definition) is 5. The maximum atomic E-state index is 5.73. The van der Waals surface area contributed by atoms with Gasteiger partial charge < -0.3 is 24.6 Å². The SMILES string of the molecule is CCNC(=NCc1cc(C(C)C)no1)NCC1(c2cc(C)ccc2OC)CCOCC1.I. The zero-order valence-corrected chi connectivity index (χ0v) is 22.2. The Kier molecular flexibility index (Phi) is 10.3. The summed E-state index contributed by atoms with van der Waals surface area (Å²) in [5, 5.41) is 11.0. The number of aryl methyl sites for hydroxylation is 1. The first-order valence-corrected chi connectivity index (χ1v) is 11.2. The second-order valence-corrected chi connectivity index (χ2v) is 8.52. The number of methoxy groups -OCH3 is 1. The molecule has 1 fully saturated rings. The van der Waals surface area contributed by atoms with Crippen molar-refractivity contribution in [1.82, 2.24) is 15.8 Å². The highest BCUT2D eigenvalue weighted by Crippen LogP contribution is 2.40. The number of aromatic nitrogens is 1. The van der Waals surface area contributed by atoms with E-state index in [-0.39, 0.29) is 29.4 Å². The first-order chi connectivity index (χ1) is 15.0. The van der Waals surface area contributed by atoms with Gasteiger partial charge in [-0.1, -0.05) is 36.7 Å². The summed E-state index contributed by atoms with van der Waals surface area (Å²) >= 11 is 0. The summed E-state index contributed by atoms with van der Waals surface area (Å²) < 4.78 is 16.9. The molecule has 0 unspecified atom stereocenters. The molecule has 1 aliphatic heterocycles. The maximum absolute atomic E-state index is 5.73. The van der Waals surface area contributed by atoms with Gasteiger partial charge in [0.05, 0.1) is 12.8 Å². The summed E-state index contributed by atoms with van der Waals surface area (Å²) in [4.78, 5) is 4.72. The number of ether oxygens (including phenoxy) is 2. The lowest BCUT2D eigenvalue weighted by atomic mass is 9.73. The molecule has 2 heterocycles. The summed E-state index contributed by atoms with van der Waals surface area (Å²) in [5.41, 5.74) is 3.34. The predicted molar refractivity (Wildman–Crippen MR) is 138 cm³/mol.